The molecule has 9 heteroatoms. The molecule has 160 valence electrons. The number of urea groups is 1. The Morgan fingerprint density at radius 1 is 1.00 bits per heavy atom. The number of carbonyl (C=O) groups is 3. The molecule has 9 nitrogen and oxygen atoms in total. The second-order valence-electron chi connectivity index (χ2n) is 7.13. The van der Waals surface area contributed by atoms with Gasteiger partial charge in [-0.2, -0.15) is 0 Å². The molecule has 1 aliphatic heterocycles. The zero-order valence-corrected chi connectivity index (χ0v) is 17.4. The van der Waals surface area contributed by atoms with E-state index in [9.17, 15) is 14.4 Å². The summed E-state index contributed by atoms with van der Waals surface area (Å²) in [6, 6.07) is 6.90. The Hall–Kier alpha value is -2.65. The zero-order valence-electron chi connectivity index (χ0n) is 17.4. The highest BCUT2D eigenvalue weighted by Crippen LogP contribution is 2.14. The van der Waals surface area contributed by atoms with Crippen molar-refractivity contribution in [1.82, 2.24) is 15.1 Å². The molecule has 1 atom stereocenters. The molecule has 0 aliphatic carbocycles. The third-order valence-corrected chi connectivity index (χ3v) is 4.74. The van der Waals surface area contributed by atoms with Crippen LogP contribution in [0.4, 0.5) is 16.2 Å². The fourth-order valence-corrected chi connectivity index (χ4v) is 2.90. The fraction of sp³-hybridized carbons (Fsp3) is 0.550. The highest BCUT2D eigenvalue weighted by Gasteiger charge is 2.22. The Morgan fingerprint density at radius 3 is 2.14 bits per heavy atom. The van der Waals surface area contributed by atoms with Gasteiger partial charge < -0.3 is 25.6 Å². The molecule has 29 heavy (non-hydrogen) atoms. The number of benzene rings is 1. The summed E-state index contributed by atoms with van der Waals surface area (Å²) in [6.07, 6.45) is 0.903. The maximum atomic E-state index is 12.5. The van der Waals surface area contributed by atoms with E-state index >= 15 is 0 Å². The van der Waals surface area contributed by atoms with Gasteiger partial charge >= 0.3 is 6.03 Å². The number of anilines is 2. The Kier molecular flexibility index (Phi) is 8.88. The van der Waals surface area contributed by atoms with Crippen LogP contribution in [0.15, 0.2) is 24.3 Å². The van der Waals surface area contributed by atoms with Crippen LogP contribution in [0.2, 0.25) is 0 Å². The molecule has 1 unspecified atom stereocenters. The highest BCUT2D eigenvalue weighted by atomic mass is 16.5. The molecule has 0 bridgehead atoms. The van der Waals surface area contributed by atoms with Crippen molar-refractivity contribution >= 4 is 29.2 Å². The average molecular weight is 405 g/mol. The van der Waals surface area contributed by atoms with Gasteiger partial charge in [0, 0.05) is 50.7 Å². The number of carbonyl (C=O) groups excluding carboxylic acids is 3. The third kappa shape index (κ3) is 7.71. The Balaban J connectivity index is 1.75. The van der Waals surface area contributed by atoms with Crippen LogP contribution in [0.5, 0.6) is 0 Å². The molecule has 0 aromatic heterocycles. The van der Waals surface area contributed by atoms with Crippen LogP contribution in [-0.2, 0) is 14.3 Å². The van der Waals surface area contributed by atoms with Gasteiger partial charge in [0.1, 0.15) is 6.61 Å². The minimum absolute atomic E-state index is 0.0102. The van der Waals surface area contributed by atoms with Gasteiger partial charge in [-0.05, 0) is 37.6 Å². The maximum Gasteiger partial charge on any atom is 0.321 e. The van der Waals surface area contributed by atoms with E-state index in [4.69, 9.17) is 4.74 Å². The lowest BCUT2D eigenvalue weighted by Gasteiger charge is -2.34. The van der Waals surface area contributed by atoms with E-state index in [0.29, 0.717) is 44.1 Å². The molecule has 1 heterocycles. The van der Waals surface area contributed by atoms with Crippen molar-refractivity contribution < 1.29 is 19.1 Å². The van der Waals surface area contributed by atoms with Crippen molar-refractivity contribution in [2.45, 2.75) is 26.3 Å². The van der Waals surface area contributed by atoms with E-state index in [1.807, 2.05) is 13.8 Å². The highest BCUT2D eigenvalue weighted by molar-refractivity contribution is 5.93. The van der Waals surface area contributed by atoms with E-state index in [1.54, 1.807) is 29.2 Å². The summed E-state index contributed by atoms with van der Waals surface area (Å²) in [6.45, 7) is 6.81. The summed E-state index contributed by atoms with van der Waals surface area (Å²) in [5.41, 5.74) is 1.28. The zero-order chi connectivity index (χ0) is 21.2. The lowest BCUT2D eigenvalue weighted by Crippen LogP contribution is -2.52. The number of hydrogen-bond acceptors (Lipinski definition) is 5. The van der Waals surface area contributed by atoms with Gasteiger partial charge in [-0.15, -0.1) is 0 Å². The van der Waals surface area contributed by atoms with Crippen LogP contribution in [0.1, 0.15) is 20.3 Å². The first-order chi connectivity index (χ1) is 13.9. The van der Waals surface area contributed by atoms with Gasteiger partial charge in [-0.3, -0.25) is 14.5 Å². The number of amides is 4. The second-order valence-corrected chi connectivity index (χ2v) is 7.13. The minimum atomic E-state index is -0.236. The van der Waals surface area contributed by atoms with Gasteiger partial charge in [-0.1, -0.05) is 6.92 Å². The van der Waals surface area contributed by atoms with Crippen LogP contribution in [-0.4, -0.2) is 80.1 Å². The number of nitrogens with zero attached hydrogens (tertiary/aromatic N) is 2. The predicted molar refractivity (Wildman–Crippen MR) is 112 cm³/mol. The normalized spacial score (nSPS) is 15.5. The molecular weight excluding hydrogens is 374 g/mol. The van der Waals surface area contributed by atoms with Gasteiger partial charge in [0.15, 0.2) is 0 Å². The molecule has 1 aromatic carbocycles. The Bertz CT molecular complexity index is 687. The van der Waals surface area contributed by atoms with Crippen LogP contribution < -0.4 is 16.0 Å². The summed E-state index contributed by atoms with van der Waals surface area (Å²) in [5, 5.41) is 8.52. The van der Waals surface area contributed by atoms with E-state index < -0.39 is 0 Å². The molecule has 1 saturated heterocycles. The molecule has 0 saturated carbocycles. The van der Waals surface area contributed by atoms with Crippen LogP contribution in [0.25, 0.3) is 0 Å². The smallest absolute Gasteiger partial charge is 0.321 e. The first-order valence-corrected chi connectivity index (χ1v) is 9.87. The van der Waals surface area contributed by atoms with Gasteiger partial charge in [0.05, 0.1) is 6.54 Å². The van der Waals surface area contributed by atoms with Gasteiger partial charge in [0.25, 0.3) is 0 Å². The number of methoxy groups -OCH3 is 1. The molecule has 0 radical (unpaired) electrons. The van der Waals surface area contributed by atoms with Crippen molar-refractivity contribution in [3.8, 4) is 0 Å². The number of piperazine rings is 1. The first-order valence-electron chi connectivity index (χ1n) is 9.87. The summed E-state index contributed by atoms with van der Waals surface area (Å²) in [7, 11) is 1.46. The quantitative estimate of drug-likeness (QED) is 0.606. The van der Waals surface area contributed by atoms with Gasteiger partial charge in [0.2, 0.25) is 11.8 Å². The van der Waals surface area contributed by atoms with Crippen LogP contribution >= 0.6 is 0 Å². The summed E-state index contributed by atoms with van der Waals surface area (Å²) < 4.78 is 4.77. The lowest BCUT2D eigenvalue weighted by atomic mass is 10.2. The molecule has 4 amide bonds. The molecule has 1 aliphatic rings. The maximum absolute atomic E-state index is 12.5. The van der Waals surface area contributed by atoms with E-state index in [2.05, 4.69) is 20.9 Å². The second kappa shape index (κ2) is 11.4. The topological polar surface area (TPSA) is 103 Å². The molecule has 0 spiro atoms. The van der Waals surface area contributed by atoms with Crippen LogP contribution in [0, 0.1) is 0 Å². The van der Waals surface area contributed by atoms with Crippen molar-refractivity contribution in [1.29, 1.82) is 0 Å². The molecule has 1 aromatic rings. The molecule has 2 rings (SSSR count). The first kappa shape index (κ1) is 22.6. The lowest BCUT2D eigenvalue weighted by molar-refractivity contribution is -0.123. The molecule has 1 fully saturated rings. The van der Waals surface area contributed by atoms with Crippen molar-refractivity contribution in [2.24, 2.45) is 0 Å². The average Bonchev–Trinajstić information content (AvgIpc) is 2.70. The van der Waals surface area contributed by atoms with Crippen molar-refractivity contribution in [3.63, 3.8) is 0 Å². The largest absolute Gasteiger partial charge is 0.375 e. The molecular formula is C20H31N5O4. The molecule has 3 N–H and O–H groups in total. The third-order valence-electron chi connectivity index (χ3n) is 4.74. The van der Waals surface area contributed by atoms with E-state index in [-0.39, 0.29) is 30.5 Å². The van der Waals surface area contributed by atoms with Crippen molar-refractivity contribution in [3.05, 3.63) is 24.3 Å². The summed E-state index contributed by atoms with van der Waals surface area (Å²) in [5.74, 6) is -0.213. The number of rotatable bonds is 8. The van der Waals surface area contributed by atoms with E-state index in [0.717, 1.165) is 6.42 Å². The predicted octanol–water partition coefficient (Wildman–Crippen LogP) is 1.34. The standard InChI is InChI=1S/C20H31N5O4/c1-4-15(2)21-18(26)13-24-9-11-25(12-10-24)20(28)23-17-7-5-16(6-8-17)22-19(27)14-29-3/h5-8,15H,4,9-14H2,1-3H3,(H,21,26)(H,22,27)(H,23,28). The minimum Gasteiger partial charge on any atom is -0.375 e. The van der Waals surface area contributed by atoms with Gasteiger partial charge in [-0.25, -0.2) is 4.79 Å². The Labute approximate surface area is 171 Å². The summed E-state index contributed by atoms with van der Waals surface area (Å²) in [4.78, 5) is 39.7. The fourth-order valence-electron chi connectivity index (χ4n) is 2.90. The SMILES string of the molecule is CCC(C)NC(=O)CN1CCN(C(=O)Nc2ccc(NC(=O)COC)cc2)CC1. The number of hydrogen-bond donors (Lipinski definition) is 3. The summed E-state index contributed by atoms with van der Waals surface area (Å²) >= 11 is 0. The van der Waals surface area contributed by atoms with Crippen LogP contribution in [0.3, 0.4) is 0 Å². The number of nitrogens with one attached hydrogen (secondary N) is 3. The van der Waals surface area contributed by atoms with E-state index in [1.165, 1.54) is 7.11 Å². The Morgan fingerprint density at radius 2 is 1.59 bits per heavy atom. The monoisotopic (exact) mass is 405 g/mol. The number of ether oxygens (including phenoxy) is 1. The van der Waals surface area contributed by atoms with Crippen molar-refractivity contribution in [2.75, 3.05) is 57.1 Å².